The van der Waals surface area contributed by atoms with Crippen LogP contribution in [0.15, 0.2) is 49.2 Å². The number of amides is 1. The molecule has 8 nitrogen and oxygen atoms in total. The molecule has 8 heteroatoms. The summed E-state index contributed by atoms with van der Waals surface area (Å²) in [4.78, 5) is 27.3. The van der Waals surface area contributed by atoms with E-state index in [1.807, 2.05) is 68.8 Å². The summed E-state index contributed by atoms with van der Waals surface area (Å²) in [6.45, 7) is 8.76. The fourth-order valence-corrected chi connectivity index (χ4v) is 3.64. The van der Waals surface area contributed by atoms with Crippen molar-refractivity contribution in [2.24, 2.45) is 0 Å². The second-order valence-electron chi connectivity index (χ2n) is 8.94. The summed E-state index contributed by atoms with van der Waals surface area (Å²) >= 11 is 0. The van der Waals surface area contributed by atoms with E-state index in [4.69, 9.17) is 9.47 Å². The predicted octanol–water partition coefficient (Wildman–Crippen LogP) is 4.42. The molecular formula is C24H29N5O3. The molecule has 168 valence electrons. The predicted molar refractivity (Wildman–Crippen MR) is 121 cm³/mol. The molecule has 32 heavy (non-hydrogen) atoms. The van der Waals surface area contributed by atoms with Gasteiger partial charge < -0.3 is 14.4 Å². The van der Waals surface area contributed by atoms with Crippen molar-refractivity contribution in [1.82, 2.24) is 24.4 Å². The largest absolute Gasteiger partial charge is 0.474 e. The van der Waals surface area contributed by atoms with Gasteiger partial charge in [-0.15, -0.1) is 0 Å². The van der Waals surface area contributed by atoms with E-state index >= 15 is 0 Å². The number of benzene rings is 1. The third kappa shape index (κ3) is 5.07. The molecule has 0 atom stereocenters. The zero-order valence-corrected chi connectivity index (χ0v) is 19.0. The smallest absolute Gasteiger partial charge is 0.410 e. The van der Waals surface area contributed by atoms with Crippen LogP contribution < -0.4 is 4.74 Å². The molecule has 0 unspecified atom stereocenters. The van der Waals surface area contributed by atoms with Gasteiger partial charge in [0.25, 0.3) is 0 Å². The maximum absolute atomic E-state index is 12.3. The Morgan fingerprint density at radius 3 is 2.47 bits per heavy atom. The highest BCUT2D eigenvalue weighted by Gasteiger charge is 2.28. The van der Waals surface area contributed by atoms with Crippen LogP contribution in [0, 0.1) is 6.92 Å². The number of carbonyl (C=O) groups is 1. The van der Waals surface area contributed by atoms with Gasteiger partial charge in [0.1, 0.15) is 30.2 Å². The number of hydrogen-bond donors (Lipinski definition) is 0. The number of rotatable bonds is 4. The van der Waals surface area contributed by atoms with Crippen molar-refractivity contribution in [3.63, 3.8) is 0 Å². The summed E-state index contributed by atoms with van der Waals surface area (Å²) < 4.78 is 13.6. The zero-order valence-electron chi connectivity index (χ0n) is 19.0. The first-order chi connectivity index (χ1) is 15.3. The van der Waals surface area contributed by atoms with E-state index in [0.29, 0.717) is 19.0 Å². The molecule has 1 aliphatic rings. The van der Waals surface area contributed by atoms with Gasteiger partial charge in [0.15, 0.2) is 0 Å². The lowest BCUT2D eigenvalue weighted by molar-refractivity contribution is 0.0122. The van der Waals surface area contributed by atoms with Crippen LogP contribution in [-0.2, 0) is 4.74 Å². The molecule has 1 aliphatic heterocycles. The van der Waals surface area contributed by atoms with Crippen molar-refractivity contribution in [2.75, 3.05) is 13.1 Å². The molecule has 3 aromatic rings. The lowest BCUT2D eigenvalue weighted by atomic mass is 10.1. The van der Waals surface area contributed by atoms with Gasteiger partial charge in [-0.05, 0) is 27.7 Å². The number of nitrogens with zero attached hydrogens (tertiary/aromatic N) is 5. The molecule has 1 aromatic carbocycles. The summed E-state index contributed by atoms with van der Waals surface area (Å²) in [5.74, 6) is 1.29. The third-order valence-corrected chi connectivity index (χ3v) is 5.28. The second kappa shape index (κ2) is 8.98. The van der Waals surface area contributed by atoms with E-state index in [1.165, 1.54) is 6.33 Å². The molecule has 0 aliphatic carbocycles. The van der Waals surface area contributed by atoms with E-state index in [1.54, 1.807) is 11.2 Å². The molecule has 0 radical (unpaired) electrons. The summed E-state index contributed by atoms with van der Waals surface area (Å²) in [5, 5.41) is 0. The standard InChI is InChI=1S/C24H29N5O3/c1-17-21(29-14-20(27-16-29)18-8-6-5-7-9-18)25-15-26-22(17)31-19-10-12-28(13-11-19)23(30)32-24(2,3)4/h5-9,14-16,19H,10-13H2,1-4H3. The maximum atomic E-state index is 12.3. The van der Waals surface area contributed by atoms with E-state index in [-0.39, 0.29) is 12.2 Å². The van der Waals surface area contributed by atoms with E-state index < -0.39 is 5.60 Å². The zero-order chi connectivity index (χ0) is 22.7. The molecule has 2 aromatic heterocycles. The van der Waals surface area contributed by atoms with E-state index in [9.17, 15) is 4.79 Å². The Morgan fingerprint density at radius 2 is 1.78 bits per heavy atom. The lowest BCUT2D eigenvalue weighted by Crippen LogP contribution is -2.44. The number of ether oxygens (including phenoxy) is 2. The van der Waals surface area contributed by atoms with E-state index in [2.05, 4.69) is 15.0 Å². The lowest BCUT2D eigenvalue weighted by Gasteiger charge is -2.33. The van der Waals surface area contributed by atoms with Gasteiger partial charge in [-0.1, -0.05) is 30.3 Å². The second-order valence-corrected chi connectivity index (χ2v) is 8.94. The SMILES string of the molecule is Cc1c(OC2CCN(C(=O)OC(C)(C)C)CC2)ncnc1-n1cnc(-c2ccccc2)c1. The highest BCUT2D eigenvalue weighted by molar-refractivity contribution is 5.68. The first-order valence-corrected chi connectivity index (χ1v) is 10.9. The van der Waals surface area contributed by atoms with Crippen LogP contribution in [0.5, 0.6) is 5.88 Å². The Morgan fingerprint density at radius 1 is 1.06 bits per heavy atom. The quantitative estimate of drug-likeness (QED) is 0.603. The third-order valence-electron chi connectivity index (χ3n) is 5.28. The molecule has 1 saturated heterocycles. The van der Waals surface area contributed by atoms with Gasteiger partial charge in [-0.2, -0.15) is 0 Å². The van der Waals surface area contributed by atoms with Gasteiger partial charge in [0, 0.05) is 37.7 Å². The number of hydrogen-bond acceptors (Lipinski definition) is 6. The summed E-state index contributed by atoms with van der Waals surface area (Å²) in [6.07, 6.45) is 6.37. The highest BCUT2D eigenvalue weighted by Crippen LogP contribution is 2.25. The first kappa shape index (κ1) is 21.8. The van der Waals surface area contributed by atoms with Crippen molar-refractivity contribution < 1.29 is 14.3 Å². The Labute approximate surface area is 188 Å². The van der Waals surface area contributed by atoms with Crippen LogP contribution >= 0.6 is 0 Å². The monoisotopic (exact) mass is 435 g/mol. The van der Waals surface area contributed by atoms with Crippen molar-refractivity contribution in [1.29, 1.82) is 0 Å². The maximum Gasteiger partial charge on any atom is 0.410 e. The normalized spacial score (nSPS) is 14.9. The van der Waals surface area contributed by atoms with Crippen LogP contribution in [0.4, 0.5) is 4.79 Å². The van der Waals surface area contributed by atoms with Crippen LogP contribution in [0.25, 0.3) is 17.1 Å². The minimum atomic E-state index is -0.493. The number of carbonyl (C=O) groups excluding carboxylic acids is 1. The summed E-state index contributed by atoms with van der Waals surface area (Å²) in [5.41, 5.74) is 2.28. The molecule has 1 fully saturated rings. The van der Waals surface area contributed by atoms with E-state index in [0.717, 1.165) is 35.5 Å². The molecular weight excluding hydrogens is 406 g/mol. The molecule has 0 saturated carbocycles. The van der Waals surface area contributed by atoms with Crippen molar-refractivity contribution >= 4 is 6.09 Å². The summed E-state index contributed by atoms with van der Waals surface area (Å²) in [7, 11) is 0. The molecule has 4 rings (SSSR count). The molecule has 0 bridgehead atoms. The Kier molecular flexibility index (Phi) is 6.12. The van der Waals surface area contributed by atoms with Crippen LogP contribution in [0.2, 0.25) is 0 Å². The number of likely N-dealkylation sites (tertiary alicyclic amines) is 1. The number of imidazole rings is 1. The van der Waals surface area contributed by atoms with Crippen LogP contribution in [0.3, 0.4) is 0 Å². The minimum absolute atomic E-state index is 0.0159. The molecule has 0 spiro atoms. The van der Waals surface area contributed by atoms with Gasteiger partial charge in [-0.3, -0.25) is 4.57 Å². The Hall–Kier alpha value is -3.42. The number of aromatic nitrogens is 4. The Balaban J connectivity index is 1.42. The minimum Gasteiger partial charge on any atom is -0.474 e. The van der Waals surface area contributed by atoms with Gasteiger partial charge in [0.05, 0.1) is 11.3 Å². The molecule has 0 N–H and O–H groups in total. The molecule has 3 heterocycles. The average molecular weight is 436 g/mol. The highest BCUT2D eigenvalue weighted by atomic mass is 16.6. The Bertz CT molecular complexity index is 1070. The average Bonchev–Trinajstić information content (AvgIpc) is 3.25. The van der Waals surface area contributed by atoms with Gasteiger partial charge in [-0.25, -0.2) is 19.7 Å². The fourth-order valence-electron chi connectivity index (χ4n) is 3.64. The van der Waals surface area contributed by atoms with Crippen molar-refractivity contribution in [3.05, 3.63) is 54.7 Å². The van der Waals surface area contributed by atoms with Crippen molar-refractivity contribution in [3.8, 4) is 23.0 Å². The fraction of sp³-hybridized carbons (Fsp3) is 0.417. The van der Waals surface area contributed by atoms with Crippen LogP contribution in [-0.4, -0.2) is 55.3 Å². The topological polar surface area (TPSA) is 82.4 Å². The molecule has 1 amide bonds. The van der Waals surface area contributed by atoms with Crippen molar-refractivity contribution in [2.45, 2.75) is 52.2 Å². The summed E-state index contributed by atoms with van der Waals surface area (Å²) in [6, 6.07) is 10.0. The van der Waals surface area contributed by atoms with Gasteiger partial charge >= 0.3 is 6.09 Å². The van der Waals surface area contributed by atoms with Crippen LogP contribution in [0.1, 0.15) is 39.2 Å². The first-order valence-electron chi connectivity index (χ1n) is 10.9. The number of piperidine rings is 1. The van der Waals surface area contributed by atoms with Gasteiger partial charge in [0.2, 0.25) is 5.88 Å².